The lowest BCUT2D eigenvalue weighted by Crippen LogP contribution is -1.94. The van der Waals surface area contributed by atoms with Gasteiger partial charge in [0.05, 0.1) is 10.2 Å². The molecular weight excluding hydrogens is 256 g/mol. The lowest BCUT2D eigenvalue weighted by molar-refractivity contribution is 0.111. The van der Waals surface area contributed by atoms with Crippen LogP contribution in [0.25, 0.3) is 11.3 Å². The third-order valence-electron chi connectivity index (χ3n) is 2.17. The van der Waals surface area contributed by atoms with Gasteiger partial charge in [0.25, 0.3) is 0 Å². The Bertz CT molecular complexity index is 491. The molecule has 2 rings (SSSR count). The van der Waals surface area contributed by atoms with Gasteiger partial charge in [0, 0.05) is 12.6 Å². The van der Waals surface area contributed by atoms with E-state index in [1.807, 2.05) is 37.4 Å². The summed E-state index contributed by atoms with van der Waals surface area (Å²) in [6.45, 7) is 0. The van der Waals surface area contributed by atoms with Gasteiger partial charge >= 0.3 is 0 Å². The van der Waals surface area contributed by atoms with Gasteiger partial charge in [0.1, 0.15) is 5.69 Å². The van der Waals surface area contributed by atoms with Crippen LogP contribution in [0.2, 0.25) is 0 Å². The van der Waals surface area contributed by atoms with Gasteiger partial charge in [-0.1, -0.05) is 30.3 Å². The SMILES string of the molecule is Cn1nc(C=O)c(Br)c1-c1ccccc1. The van der Waals surface area contributed by atoms with Gasteiger partial charge in [-0.05, 0) is 15.9 Å². The van der Waals surface area contributed by atoms with Gasteiger partial charge in [-0.2, -0.15) is 5.10 Å². The predicted molar refractivity (Wildman–Crippen MR) is 61.7 cm³/mol. The minimum absolute atomic E-state index is 0.427. The number of halogens is 1. The van der Waals surface area contributed by atoms with E-state index in [1.165, 1.54) is 0 Å². The third-order valence-corrected chi connectivity index (χ3v) is 2.95. The van der Waals surface area contributed by atoms with Crippen LogP contribution in [0.4, 0.5) is 0 Å². The fourth-order valence-electron chi connectivity index (χ4n) is 1.50. The molecule has 0 bridgehead atoms. The highest BCUT2D eigenvalue weighted by molar-refractivity contribution is 9.10. The first-order valence-electron chi connectivity index (χ1n) is 4.47. The molecule has 0 saturated carbocycles. The quantitative estimate of drug-likeness (QED) is 0.782. The van der Waals surface area contributed by atoms with E-state index >= 15 is 0 Å². The van der Waals surface area contributed by atoms with Crippen LogP contribution in [0.15, 0.2) is 34.8 Å². The van der Waals surface area contributed by atoms with Gasteiger partial charge in [-0.25, -0.2) is 0 Å². The number of carbonyl (C=O) groups is 1. The Labute approximate surface area is 95.9 Å². The second-order valence-electron chi connectivity index (χ2n) is 3.16. The molecule has 0 spiro atoms. The van der Waals surface area contributed by atoms with Gasteiger partial charge in [-0.3, -0.25) is 9.48 Å². The minimum Gasteiger partial charge on any atom is -0.296 e. The summed E-state index contributed by atoms with van der Waals surface area (Å²) in [7, 11) is 1.82. The van der Waals surface area contributed by atoms with Crippen LogP contribution in [0, 0.1) is 0 Å². The number of aryl methyl sites for hydroxylation is 1. The van der Waals surface area contributed by atoms with E-state index in [0.717, 1.165) is 22.0 Å². The highest BCUT2D eigenvalue weighted by Crippen LogP contribution is 2.29. The maximum Gasteiger partial charge on any atom is 0.171 e. The van der Waals surface area contributed by atoms with Crippen molar-refractivity contribution in [1.82, 2.24) is 9.78 Å². The molecule has 0 unspecified atom stereocenters. The number of aromatic nitrogens is 2. The van der Waals surface area contributed by atoms with Crippen LogP contribution in [0.5, 0.6) is 0 Å². The van der Waals surface area contributed by atoms with Crippen LogP contribution in [-0.4, -0.2) is 16.1 Å². The average molecular weight is 265 g/mol. The van der Waals surface area contributed by atoms with Crippen molar-refractivity contribution in [3.63, 3.8) is 0 Å². The Kier molecular flexibility index (Phi) is 2.68. The molecule has 1 aromatic carbocycles. The van der Waals surface area contributed by atoms with E-state index in [4.69, 9.17) is 0 Å². The lowest BCUT2D eigenvalue weighted by Gasteiger charge is -2.01. The summed E-state index contributed by atoms with van der Waals surface area (Å²) in [4.78, 5) is 10.7. The standard InChI is InChI=1S/C11H9BrN2O/c1-14-11(8-5-3-2-4-6-8)10(12)9(7-15)13-14/h2-7H,1H3. The summed E-state index contributed by atoms with van der Waals surface area (Å²) >= 11 is 3.38. The average Bonchev–Trinajstić information content (AvgIpc) is 2.55. The highest BCUT2D eigenvalue weighted by Gasteiger charge is 2.14. The highest BCUT2D eigenvalue weighted by atomic mass is 79.9. The molecule has 0 saturated heterocycles. The van der Waals surface area contributed by atoms with Crippen molar-refractivity contribution in [2.45, 2.75) is 0 Å². The second-order valence-corrected chi connectivity index (χ2v) is 3.95. The molecule has 15 heavy (non-hydrogen) atoms. The van der Waals surface area contributed by atoms with Crippen LogP contribution >= 0.6 is 15.9 Å². The number of carbonyl (C=O) groups excluding carboxylic acids is 1. The summed E-state index contributed by atoms with van der Waals surface area (Å²) in [6, 6.07) is 9.83. The summed E-state index contributed by atoms with van der Waals surface area (Å²) in [6.07, 6.45) is 0.747. The van der Waals surface area contributed by atoms with Crippen molar-refractivity contribution in [2.24, 2.45) is 7.05 Å². The summed E-state index contributed by atoms with van der Waals surface area (Å²) in [5.74, 6) is 0. The number of hydrogen-bond donors (Lipinski definition) is 0. The third kappa shape index (κ3) is 1.72. The molecule has 1 heterocycles. The number of nitrogens with zero attached hydrogens (tertiary/aromatic N) is 2. The van der Waals surface area contributed by atoms with Crippen molar-refractivity contribution < 1.29 is 4.79 Å². The number of hydrogen-bond acceptors (Lipinski definition) is 2. The topological polar surface area (TPSA) is 34.9 Å². The monoisotopic (exact) mass is 264 g/mol. The van der Waals surface area contributed by atoms with Crippen molar-refractivity contribution in [2.75, 3.05) is 0 Å². The molecule has 0 aliphatic rings. The van der Waals surface area contributed by atoms with Crippen LogP contribution < -0.4 is 0 Å². The Hall–Kier alpha value is -1.42. The molecule has 0 aliphatic carbocycles. The molecule has 0 radical (unpaired) electrons. The first kappa shape index (κ1) is 10.1. The fourth-order valence-corrected chi connectivity index (χ4v) is 2.16. The molecule has 3 nitrogen and oxygen atoms in total. The van der Waals surface area contributed by atoms with E-state index in [9.17, 15) is 4.79 Å². The zero-order valence-electron chi connectivity index (χ0n) is 8.14. The van der Waals surface area contributed by atoms with Gasteiger partial charge < -0.3 is 0 Å². The molecule has 4 heteroatoms. The molecular formula is C11H9BrN2O. The summed E-state index contributed by atoms with van der Waals surface area (Å²) < 4.78 is 2.44. The van der Waals surface area contributed by atoms with Crippen LogP contribution in [0.3, 0.4) is 0 Å². The smallest absolute Gasteiger partial charge is 0.171 e. The molecule has 0 fully saturated rings. The first-order chi connectivity index (χ1) is 7.24. The van der Waals surface area contributed by atoms with Gasteiger partial charge in [-0.15, -0.1) is 0 Å². The molecule has 76 valence electrons. The van der Waals surface area contributed by atoms with E-state index in [-0.39, 0.29) is 0 Å². The zero-order chi connectivity index (χ0) is 10.8. The van der Waals surface area contributed by atoms with Gasteiger partial charge in [0.2, 0.25) is 0 Å². The summed E-state index contributed by atoms with van der Waals surface area (Å²) in [5, 5.41) is 4.11. The summed E-state index contributed by atoms with van der Waals surface area (Å²) in [5.41, 5.74) is 2.38. The largest absolute Gasteiger partial charge is 0.296 e. The number of rotatable bonds is 2. The molecule has 0 aliphatic heterocycles. The fraction of sp³-hybridized carbons (Fsp3) is 0.0909. The van der Waals surface area contributed by atoms with Crippen molar-refractivity contribution in [3.8, 4) is 11.3 Å². The molecule has 0 amide bonds. The molecule has 2 aromatic rings. The molecule has 0 N–H and O–H groups in total. The second kappa shape index (κ2) is 3.98. The van der Waals surface area contributed by atoms with Crippen molar-refractivity contribution in [1.29, 1.82) is 0 Å². The van der Waals surface area contributed by atoms with Crippen molar-refractivity contribution in [3.05, 3.63) is 40.5 Å². The Morgan fingerprint density at radius 1 is 1.33 bits per heavy atom. The van der Waals surface area contributed by atoms with E-state index < -0.39 is 0 Å². The van der Waals surface area contributed by atoms with Crippen molar-refractivity contribution >= 4 is 22.2 Å². The Balaban J connectivity index is 2.63. The maximum atomic E-state index is 10.7. The van der Waals surface area contributed by atoms with Crippen LogP contribution in [0.1, 0.15) is 10.5 Å². The molecule has 1 aromatic heterocycles. The zero-order valence-corrected chi connectivity index (χ0v) is 9.73. The van der Waals surface area contributed by atoms with Gasteiger partial charge in [0.15, 0.2) is 6.29 Å². The number of benzene rings is 1. The van der Waals surface area contributed by atoms with E-state index in [0.29, 0.717) is 5.69 Å². The Morgan fingerprint density at radius 2 is 2.00 bits per heavy atom. The predicted octanol–water partition coefficient (Wildman–Crippen LogP) is 2.66. The lowest BCUT2D eigenvalue weighted by atomic mass is 10.1. The maximum absolute atomic E-state index is 10.7. The normalized spacial score (nSPS) is 10.3. The van der Waals surface area contributed by atoms with E-state index in [1.54, 1.807) is 4.68 Å². The van der Waals surface area contributed by atoms with E-state index in [2.05, 4.69) is 21.0 Å². The van der Waals surface area contributed by atoms with Crippen LogP contribution in [-0.2, 0) is 7.05 Å². The first-order valence-corrected chi connectivity index (χ1v) is 5.26. The number of aldehydes is 1. The minimum atomic E-state index is 0.427. The Morgan fingerprint density at radius 3 is 2.53 bits per heavy atom. The molecule has 0 atom stereocenters.